The van der Waals surface area contributed by atoms with E-state index in [9.17, 15) is 8.42 Å². The lowest BCUT2D eigenvalue weighted by molar-refractivity contribution is 0.570. The minimum absolute atomic E-state index is 0.000255. The smallest absolute Gasteiger partial charge is 0.158 e. The highest BCUT2D eigenvalue weighted by molar-refractivity contribution is 9.13. The minimum Gasteiger partial charge on any atom is -0.228 e. The molecule has 4 aromatic rings. The molecule has 0 fully saturated rings. The molecule has 0 amide bonds. The van der Waals surface area contributed by atoms with E-state index in [0.717, 1.165) is 64.4 Å². The number of sulfone groups is 1. The van der Waals surface area contributed by atoms with Crippen LogP contribution in [0, 0.1) is 23.3 Å². The third kappa shape index (κ3) is 7.25. The molecule has 0 saturated carbocycles. The molecule has 0 saturated heterocycles. The zero-order chi connectivity index (χ0) is 33.6. The fourth-order valence-electron chi connectivity index (χ4n) is 5.75. The maximum absolute atomic E-state index is 15.5. The molecule has 0 atom stereocenters. The molecule has 0 aromatic heterocycles. The van der Waals surface area contributed by atoms with Gasteiger partial charge in [0.1, 0.15) is 23.3 Å². The van der Waals surface area contributed by atoms with Crippen molar-refractivity contribution in [1.29, 1.82) is 0 Å². The van der Waals surface area contributed by atoms with Crippen LogP contribution < -0.4 is 0 Å². The molecule has 0 N–H and O–H groups in total. The molecule has 0 radical (unpaired) electrons. The van der Waals surface area contributed by atoms with Crippen molar-refractivity contribution in [3.63, 3.8) is 0 Å². The van der Waals surface area contributed by atoms with Crippen LogP contribution >= 0.6 is 63.7 Å². The molecule has 2 aliphatic carbocycles. The molecular weight excluding hydrogens is 892 g/mol. The lowest BCUT2D eigenvalue weighted by atomic mass is 9.94. The molecule has 0 heterocycles. The summed E-state index contributed by atoms with van der Waals surface area (Å²) in [6.45, 7) is 0. The maximum atomic E-state index is 15.5. The van der Waals surface area contributed by atoms with Gasteiger partial charge in [0.25, 0.3) is 0 Å². The highest BCUT2D eigenvalue weighted by Crippen LogP contribution is 2.41. The molecule has 0 unspecified atom stereocenters. The Morgan fingerprint density at radius 1 is 0.489 bits per heavy atom. The Morgan fingerprint density at radius 3 is 1.26 bits per heavy atom. The predicted molar refractivity (Wildman–Crippen MR) is 194 cm³/mol. The zero-order valence-electron chi connectivity index (χ0n) is 24.2. The van der Waals surface area contributed by atoms with E-state index in [4.69, 9.17) is 0 Å². The van der Waals surface area contributed by atoms with Crippen LogP contribution in [-0.4, -0.2) is 8.42 Å². The summed E-state index contributed by atoms with van der Waals surface area (Å²) in [5, 5.41) is 0. The summed E-state index contributed by atoms with van der Waals surface area (Å²) in [5.74, 6) is -5.20. The van der Waals surface area contributed by atoms with Crippen molar-refractivity contribution in [3.8, 4) is 0 Å². The molecule has 6 rings (SSSR count). The van der Waals surface area contributed by atoms with E-state index in [2.05, 4.69) is 63.7 Å². The summed E-state index contributed by atoms with van der Waals surface area (Å²) >= 11 is 13.8. The van der Waals surface area contributed by atoms with E-state index in [-0.39, 0.29) is 11.1 Å². The second-order valence-electron chi connectivity index (χ2n) is 11.1. The van der Waals surface area contributed by atoms with Gasteiger partial charge in [0.15, 0.2) is 9.84 Å². The monoisotopic (exact) mass is 910 g/mol. The van der Waals surface area contributed by atoms with Crippen molar-refractivity contribution in [3.05, 3.63) is 160 Å². The number of hydrogen-bond acceptors (Lipinski definition) is 2. The quantitative estimate of drug-likeness (QED) is 0.165. The molecule has 2 aliphatic rings. The van der Waals surface area contributed by atoms with Gasteiger partial charge in [0, 0.05) is 40.1 Å². The summed E-state index contributed by atoms with van der Waals surface area (Å²) in [6, 6.07) is 14.8. The van der Waals surface area contributed by atoms with Gasteiger partial charge >= 0.3 is 0 Å². The molecule has 2 nitrogen and oxygen atoms in total. The van der Waals surface area contributed by atoms with Gasteiger partial charge in [-0.2, -0.15) is 0 Å². The average molecular weight is 914 g/mol. The second kappa shape index (κ2) is 13.7. The summed E-state index contributed by atoms with van der Waals surface area (Å²) in [7, 11) is -4.24. The number of allylic oxidation sites excluding steroid dienone is 8. The van der Waals surface area contributed by atoms with Crippen molar-refractivity contribution < 1.29 is 26.0 Å². The largest absolute Gasteiger partial charge is 0.228 e. The van der Waals surface area contributed by atoms with Crippen LogP contribution in [-0.2, 0) is 21.3 Å². The SMILES string of the molecule is O=S(=O)(Cc1cc(F)c(C2=CCC=C2c2ccc(Br)c(Br)c2)cc1F)Cc1cc(F)c(C2=CCC=C2c2ccc(Br)c(Br)c2)cc1F. The second-order valence-corrected chi connectivity index (χ2v) is 16.6. The van der Waals surface area contributed by atoms with E-state index < -0.39 is 55.7 Å². The first-order chi connectivity index (χ1) is 22.3. The van der Waals surface area contributed by atoms with Crippen LogP contribution in [0.15, 0.2) is 103 Å². The molecule has 240 valence electrons. The fourth-order valence-corrected chi connectivity index (χ4v) is 8.49. The van der Waals surface area contributed by atoms with Crippen LogP contribution in [0.4, 0.5) is 17.6 Å². The van der Waals surface area contributed by atoms with Crippen LogP contribution in [0.2, 0.25) is 0 Å². The van der Waals surface area contributed by atoms with Gasteiger partial charge < -0.3 is 0 Å². The third-order valence-electron chi connectivity index (χ3n) is 7.93. The molecule has 4 aromatic carbocycles. The molecule has 0 bridgehead atoms. The van der Waals surface area contributed by atoms with Gasteiger partial charge in [-0.25, -0.2) is 26.0 Å². The minimum atomic E-state index is -4.24. The highest BCUT2D eigenvalue weighted by atomic mass is 79.9. The van der Waals surface area contributed by atoms with Crippen LogP contribution in [0.1, 0.15) is 46.2 Å². The molecule has 11 heteroatoms. The van der Waals surface area contributed by atoms with Crippen LogP contribution in [0.5, 0.6) is 0 Å². The van der Waals surface area contributed by atoms with E-state index in [1.807, 2.05) is 48.6 Å². The Hall–Kier alpha value is -2.57. The molecular formula is C36H22Br4F4O2S. The number of rotatable bonds is 8. The zero-order valence-corrected chi connectivity index (χ0v) is 31.3. The standard InChI is InChI=1S/C36H22Br4F4O2S/c37-29-9-7-19(11-31(29)39)23-3-1-5-25(23)27-15-33(41)21(13-35(27)43)17-47(45,46)18-22-14-36(44)28(16-34(22)42)26-6-2-4-24(26)20-8-10-30(38)32(40)12-20/h3-16H,1-2,17-18H2. The lowest BCUT2D eigenvalue weighted by Gasteiger charge is -2.15. The van der Waals surface area contributed by atoms with Crippen molar-refractivity contribution in [2.24, 2.45) is 0 Å². The Morgan fingerprint density at radius 2 is 0.872 bits per heavy atom. The van der Waals surface area contributed by atoms with Gasteiger partial charge in [-0.15, -0.1) is 0 Å². The Kier molecular flexibility index (Phi) is 10.0. The summed E-state index contributed by atoms with van der Waals surface area (Å²) in [6.07, 6.45) is 8.40. The fraction of sp³-hybridized carbons (Fsp3) is 0.111. The van der Waals surface area contributed by atoms with Gasteiger partial charge in [0.2, 0.25) is 0 Å². The van der Waals surface area contributed by atoms with Gasteiger partial charge in [-0.1, -0.05) is 36.4 Å². The summed E-state index contributed by atoms with van der Waals surface area (Å²) < 4.78 is 91.2. The summed E-state index contributed by atoms with van der Waals surface area (Å²) in [5.41, 5.74) is 3.23. The van der Waals surface area contributed by atoms with Crippen molar-refractivity contribution in [1.82, 2.24) is 0 Å². The van der Waals surface area contributed by atoms with Gasteiger partial charge in [0.05, 0.1) is 11.5 Å². The lowest BCUT2D eigenvalue weighted by Crippen LogP contribution is -2.12. The average Bonchev–Trinajstić information content (AvgIpc) is 3.70. The van der Waals surface area contributed by atoms with E-state index in [0.29, 0.717) is 24.0 Å². The number of benzene rings is 4. The van der Waals surface area contributed by atoms with Crippen LogP contribution in [0.25, 0.3) is 22.3 Å². The molecule has 0 aliphatic heterocycles. The Labute approximate surface area is 303 Å². The van der Waals surface area contributed by atoms with E-state index in [1.54, 1.807) is 12.2 Å². The number of halogens is 8. The predicted octanol–water partition coefficient (Wildman–Crippen LogP) is 12.1. The first kappa shape index (κ1) is 34.3. The molecule has 47 heavy (non-hydrogen) atoms. The maximum Gasteiger partial charge on any atom is 0.158 e. The van der Waals surface area contributed by atoms with Gasteiger partial charge in [-0.05, 0) is 159 Å². The summed E-state index contributed by atoms with van der Waals surface area (Å²) in [4.78, 5) is 0. The van der Waals surface area contributed by atoms with Crippen molar-refractivity contribution >= 4 is 95.8 Å². The molecule has 0 spiro atoms. The normalized spacial score (nSPS) is 14.6. The third-order valence-corrected chi connectivity index (χ3v) is 13.2. The van der Waals surface area contributed by atoms with Crippen molar-refractivity contribution in [2.75, 3.05) is 0 Å². The van der Waals surface area contributed by atoms with Gasteiger partial charge in [-0.3, -0.25) is 0 Å². The highest BCUT2D eigenvalue weighted by Gasteiger charge is 2.25. The first-order valence-electron chi connectivity index (χ1n) is 14.2. The van der Waals surface area contributed by atoms with E-state index >= 15 is 17.6 Å². The Balaban J connectivity index is 1.22. The van der Waals surface area contributed by atoms with E-state index in [1.165, 1.54) is 0 Å². The first-order valence-corrected chi connectivity index (χ1v) is 19.2. The van der Waals surface area contributed by atoms with Crippen molar-refractivity contribution in [2.45, 2.75) is 24.3 Å². The van der Waals surface area contributed by atoms with Crippen LogP contribution in [0.3, 0.4) is 0 Å². The Bertz CT molecular complexity index is 2060. The topological polar surface area (TPSA) is 34.1 Å². The number of hydrogen-bond donors (Lipinski definition) is 0.